The molecule has 0 saturated heterocycles. The molecule has 0 aromatic heterocycles. The lowest BCUT2D eigenvalue weighted by Crippen LogP contribution is -2.28. The van der Waals surface area contributed by atoms with E-state index in [4.69, 9.17) is 9.84 Å². The van der Waals surface area contributed by atoms with Crippen LogP contribution < -0.4 is 10.1 Å². The smallest absolute Gasteiger partial charge is 0.119 e. The summed E-state index contributed by atoms with van der Waals surface area (Å²) >= 11 is 0. The Bertz CT molecular complexity index is 525. The third-order valence-corrected chi connectivity index (χ3v) is 3.04. The van der Waals surface area contributed by atoms with E-state index in [1.165, 1.54) is 16.3 Å². The van der Waals surface area contributed by atoms with E-state index in [2.05, 4.69) is 29.6 Å². The average Bonchev–Trinajstić information content (AvgIpc) is 2.43. The van der Waals surface area contributed by atoms with Crippen LogP contribution in [0.2, 0.25) is 0 Å². The van der Waals surface area contributed by atoms with Gasteiger partial charge in [0.2, 0.25) is 0 Å². The summed E-state index contributed by atoms with van der Waals surface area (Å²) in [6.07, 6.45) is 0. The first-order valence-electron chi connectivity index (χ1n) is 6.14. The van der Waals surface area contributed by atoms with Crippen LogP contribution in [0.15, 0.2) is 36.4 Å². The third-order valence-electron chi connectivity index (χ3n) is 3.04. The van der Waals surface area contributed by atoms with E-state index in [1.807, 2.05) is 19.1 Å². The van der Waals surface area contributed by atoms with E-state index in [-0.39, 0.29) is 12.6 Å². The van der Waals surface area contributed by atoms with Crippen molar-refractivity contribution in [1.82, 2.24) is 5.32 Å². The minimum Gasteiger partial charge on any atom is -0.497 e. The standard InChI is InChI=1S/C15H19NO2/c1-11(10-17)16-9-12-3-4-14-8-15(18-2)6-5-13(14)7-12/h3-8,11,16-17H,9-10H2,1-2H3/t11-/m1/s1. The summed E-state index contributed by atoms with van der Waals surface area (Å²) in [5.41, 5.74) is 1.22. The monoisotopic (exact) mass is 245 g/mol. The number of fused-ring (bicyclic) bond motifs is 1. The van der Waals surface area contributed by atoms with Gasteiger partial charge in [0.25, 0.3) is 0 Å². The van der Waals surface area contributed by atoms with E-state index in [0.29, 0.717) is 0 Å². The molecular weight excluding hydrogens is 226 g/mol. The maximum Gasteiger partial charge on any atom is 0.119 e. The van der Waals surface area contributed by atoms with Gasteiger partial charge in [0.15, 0.2) is 0 Å². The molecule has 96 valence electrons. The Labute approximate surface area is 107 Å². The van der Waals surface area contributed by atoms with Crippen LogP contribution in [0.1, 0.15) is 12.5 Å². The lowest BCUT2D eigenvalue weighted by molar-refractivity contribution is 0.251. The molecular formula is C15H19NO2. The van der Waals surface area contributed by atoms with E-state index < -0.39 is 0 Å². The number of benzene rings is 2. The Hall–Kier alpha value is -1.58. The number of nitrogens with one attached hydrogen (secondary N) is 1. The molecule has 0 aliphatic carbocycles. The molecule has 0 aliphatic rings. The van der Waals surface area contributed by atoms with Crippen LogP contribution in [0, 0.1) is 0 Å². The molecule has 0 spiro atoms. The number of ether oxygens (including phenoxy) is 1. The maximum atomic E-state index is 8.97. The summed E-state index contributed by atoms with van der Waals surface area (Å²) in [4.78, 5) is 0. The molecule has 0 amide bonds. The average molecular weight is 245 g/mol. The van der Waals surface area contributed by atoms with Crippen LogP contribution >= 0.6 is 0 Å². The summed E-state index contributed by atoms with van der Waals surface area (Å²) < 4.78 is 5.21. The van der Waals surface area contributed by atoms with Gasteiger partial charge in [-0.25, -0.2) is 0 Å². The molecule has 2 aromatic carbocycles. The van der Waals surface area contributed by atoms with Gasteiger partial charge in [-0.2, -0.15) is 0 Å². The maximum absolute atomic E-state index is 8.97. The molecule has 0 radical (unpaired) electrons. The van der Waals surface area contributed by atoms with Crippen molar-refractivity contribution in [3.05, 3.63) is 42.0 Å². The van der Waals surface area contributed by atoms with E-state index in [9.17, 15) is 0 Å². The van der Waals surface area contributed by atoms with E-state index in [0.717, 1.165) is 12.3 Å². The van der Waals surface area contributed by atoms with E-state index in [1.54, 1.807) is 7.11 Å². The van der Waals surface area contributed by atoms with Crippen LogP contribution in [-0.4, -0.2) is 24.9 Å². The van der Waals surface area contributed by atoms with Crippen molar-refractivity contribution in [2.75, 3.05) is 13.7 Å². The molecule has 3 heteroatoms. The summed E-state index contributed by atoms with van der Waals surface area (Å²) in [6.45, 7) is 2.89. The molecule has 0 saturated carbocycles. The number of hydrogen-bond acceptors (Lipinski definition) is 3. The molecule has 0 fully saturated rings. The molecule has 2 rings (SSSR count). The van der Waals surface area contributed by atoms with Gasteiger partial charge < -0.3 is 15.2 Å². The van der Waals surface area contributed by atoms with Crippen molar-refractivity contribution in [2.45, 2.75) is 19.5 Å². The van der Waals surface area contributed by atoms with Gasteiger partial charge in [-0.05, 0) is 41.5 Å². The zero-order valence-corrected chi connectivity index (χ0v) is 10.8. The number of aliphatic hydroxyl groups is 1. The highest BCUT2D eigenvalue weighted by molar-refractivity contribution is 5.84. The second-order valence-corrected chi connectivity index (χ2v) is 4.51. The third kappa shape index (κ3) is 3.00. The highest BCUT2D eigenvalue weighted by atomic mass is 16.5. The lowest BCUT2D eigenvalue weighted by Gasteiger charge is -2.11. The summed E-state index contributed by atoms with van der Waals surface area (Å²) in [6, 6.07) is 12.5. The van der Waals surface area contributed by atoms with E-state index >= 15 is 0 Å². The molecule has 18 heavy (non-hydrogen) atoms. The highest BCUT2D eigenvalue weighted by Crippen LogP contribution is 2.21. The van der Waals surface area contributed by atoms with Gasteiger partial charge in [0.05, 0.1) is 13.7 Å². The van der Waals surface area contributed by atoms with Gasteiger partial charge in [-0.15, -0.1) is 0 Å². The van der Waals surface area contributed by atoms with Crippen LogP contribution in [0.25, 0.3) is 10.8 Å². The fourth-order valence-corrected chi connectivity index (χ4v) is 1.87. The van der Waals surface area contributed by atoms with Crippen LogP contribution in [-0.2, 0) is 6.54 Å². The Balaban J connectivity index is 2.17. The largest absolute Gasteiger partial charge is 0.497 e. The molecule has 2 N–H and O–H groups in total. The van der Waals surface area contributed by atoms with Crippen LogP contribution in [0.5, 0.6) is 5.75 Å². The minimum absolute atomic E-state index is 0.122. The van der Waals surface area contributed by atoms with Crippen molar-refractivity contribution in [3.63, 3.8) is 0 Å². The van der Waals surface area contributed by atoms with Crippen LogP contribution in [0.3, 0.4) is 0 Å². The highest BCUT2D eigenvalue weighted by Gasteiger charge is 2.01. The normalized spacial score (nSPS) is 12.6. The summed E-state index contributed by atoms with van der Waals surface area (Å²) in [5.74, 6) is 0.877. The Morgan fingerprint density at radius 3 is 2.61 bits per heavy atom. The van der Waals surface area contributed by atoms with Crippen molar-refractivity contribution in [3.8, 4) is 5.75 Å². The van der Waals surface area contributed by atoms with Gasteiger partial charge in [0.1, 0.15) is 5.75 Å². The molecule has 2 aromatic rings. The Kier molecular flexibility index (Phi) is 4.18. The molecule has 0 bridgehead atoms. The van der Waals surface area contributed by atoms with Crippen molar-refractivity contribution < 1.29 is 9.84 Å². The van der Waals surface area contributed by atoms with Crippen molar-refractivity contribution in [1.29, 1.82) is 0 Å². The van der Waals surface area contributed by atoms with Gasteiger partial charge in [-0.3, -0.25) is 0 Å². The lowest BCUT2D eigenvalue weighted by atomic mass is 10.1. The summed E-state index contributed by atoms with van der Waals surface area (Å²) in [7, 11) is 1.68. The molecule has 1 atom stereocenters. The first-order chi connectivity index (χ1) is 8.72. The minimum atomic E-state index is 0.122. The van der Waals surface area contributed by atoms with Crippen molar-refractivity contribution >= 4 is 10.8 Å². The molecule has 0 aliphatic heterocycles. The molecule has 0 unspecified atom stereocenters. The quantitative estimate of drug-likeness (QED) is 0.849. The zero-order chi connectivity index (χ0) is 13.0. The van der Waals surface area contributed by atoms with Gasteiger partial charge >= 0.3 is 0 Å². The van der Waals surface area contributed by atoms with Gasteiger partial charge in [-0.1, -0.05) is 18.2 Å². The SMILES string of the molecule is COc1ccc2cc(CN[C@H](C)CO)ccc2c1. The zero-order valence-electron chi connectivity index (χ0n) is 10.8. The molecule has 0 heterocycles. The Morgan fingerprint density at radius 1 is 1.17 bits per heavy atom. The number of rotatable bonds is 5. The van der Waals surface area contributed by atoms with Crippen LogP contribution in [0.4, 0.5) is 0 Å². The predicted octanol–water partition coefficient (Wildman–Crippen LogP) is 2.32. The number of aliphatic hydroxyl groups excluding tert-OH is 1. The number of methoxy groups -OCH3 is 1. The predicted molar refractivity (Wildman–Crippen MR) is 73.9 cm³/mol. The Morgan fingerprint density at radius 2 is 1.89 bits per heavy atom. The number of hydrogen-bond donors (Lipinski definition) is 2. The fourth-order valence-electron chi connectivity index (χ4n) is 1.87. The van der Waals surface area contributed by atoms with Crippen molar-refractivity contribution in [2.24, 2.45) is 0 Å². The first-order valence-corrected chi connectivity index (χ1v) is 6.14. The molecule has 3 nitrogen and oxygen atoms in total. The summed E-state index contributed by atoms with van der Waals surface area (Å²) in [5, 5.41) is 14.6. The fraction of sp³-hybridized carbons (Fsp3) is 0.333. The second kappa shape index (κ2) is 5.85. The second-order valence-electron chi connectivity index (χ2n) is 4.51. The van der Waals surface area contributed by atoms with Gasteiger partial charge in [0, 0.05) is 12.6 Å². The topological polar surface area (TPSA) is 41.5 Å². The first kappa shape index (κ1) is 12.9.